The van der Waals surface area contributed by atoms with Crippen molar-refractivity contribution < 1.29 is 44.6 Å². The lowest BCUT2D eigenvalue weighted by atomic mass is 10.2. The summed E-state index contributed by atoms with van der Waals surface area (Å²) in [7, 11) is -1.90. The fourth-order valence-corrected chi connectivity index (χ4v) is 1.24. The van der Waals surface area contributed by atoms with Gasteiger partial charge in [-0.3, -0.25) is 0 Å². The summed E-state index contributed by atoms with van der Waals surface area (Å²) in [4.78, 5) is 0. The van der Waals surface area contributed by atoms with Gasteiger partial charge in [-0.15, -0.1) is 4.52 Å². The van der Waals surface area contributed by atoms with Crippen molar-refractivity contribution in [3.8, 4) is 0 Å². The van der Waals surface area contributed by atoms with E-state index in [2.05, 4.69) is 9.26 Å². The van der Waals surface area contributed by atoms with Crippen molar-refractivity contribution in [2.75, 3.05) is 26.5 Å². The first-order chi connectivity index (χ1) is 8.42. The van der Waals surface area contributed by atoms with Gasteiger partial charge in [-0.25, -0.2) is 0 Å². The quantitative estimate of drug-likeness (QED) is 0.378. The van der Waals surface area contributed by atoms with E-state index < -0.39 is 39.3 Å². The van der Waals surface area contributed by atoms with Crippen LogP contribution in [0.2, 0.25) is 0 Å². The highest BCUT2D eigenvalue weighted by Crippen LogP contribution is 2.46. The Balaban J connectivity index is 0. The van der Waals surface area contributed by atoms with Crippen LogP contribution < -0.4 is 0 Å². The molecule has 3 nitrogen and oxygen atoms in total. The number of hydrogen-bond donors (Lipinski definition) is 0. The van der Waals surface area contributed by atoms with Crippen LogP contribution in [-0.4, -0.2) is 44.5 Å². The molecule has 0 aromatic rings. The molecule has 0 aromatic heterocycles. The van der Waals surface area contributed by atoms with Crippen LogP contribution in [-0.2, 0) is 13.8 Å². The Labute approximate surface area is 112 Å². The van der Waals surface area contributed by atoms with Gasteiger partial charge >= 0.3 is 26.0 Å². The predicted molar refractivity (Wildman–Crippen MR) is 57.6 cm³/mol. The highest BCUT2D eigenvalue weighted by molar-refractivity contribution is 7.38. The third-order valence-electron chi connectivity index (χ3n) is 1.80. The fourth-order valence-electron chi connectivity index (χ4n) is 0.852. The highest BCUT2D eigenvalue weighted by Gasteiger charge is 2.72. The molecule has 11 heteroatoms. The Morgan fingerprint density at radius 3 is 1.90 bits per heavy atom. The van der Waals surface area contributed by atoms with Crippen molar-refractivity contribution in [1.82, 2.24) is 0 Å². The average Bonchev–Trinajstić information content (AvgIpc) is 2.20. The van der Waals surface area contributed by atoms with Crippen LogP contribution in [0.5, 0.6) is 0 Å². The topological polar surface area (TPSA) is 35.5 Å². The molecule has 0 fully saturated rings. The van der Waals surface area contributed by atoms with Crippen molar-refractivity contribution in [1.29, 1.82) is 0 Å². The first kappa shape index (κ1) is 21.8. The minimum absolute atomic E-state index is 0. The predicted octanol–water partition coefficient (Wildman–Crippen LogP) is 4.25. The number of alkyl halides is 7. The van der Waals surface area contributed by atoms with Crippen molar-refractivity contribution in [2.45, 2.75) is 31.9 Å². The van der Waals surface area contributed by atoms with E-state index in [1.54, 1.807) is 0 Å². The zero-order chi connectivity index (χ0) is 15.3. The summed E-state index contributed by atoms with van der Waals surface area (Å²) < 4.78 is 104. The van der Waals surface area contributed by atoms with Crippen LogP contribution in [0.4, 0.5) is 30.7 Å². The molecule has 0 saturated heterocycles. The third-order valence-corrected chi connectivity index (χ3v) is 2.35. The van der Waals surface area contributed by atoms with Gasteiger partial charge in [0.15, 0.2) is 6.66 Å². The van der Waals surface area contributed by atoms with Crippen LogP contribution in [0.25, 0.3) is 0 Å². The molecule has 20 heavy (non-hydrogen) atoms. The lowest BCUT2D eigenvalue weighted by molar-refractivity contribution is -0.361. The lowest BCUT2D eigenvalue weighted by Gasteiger charge is -2.27. The molecule has 0 rings (SSSR count). The maximum absolute atomic E-state index is 12.7. The second kappa shape index (κ2) is 8.09. The van der Waals surface area contributed by atoms with E-state index in [9.17, 15) is 35.3 Å². The van der Waals surface area contributed by atoms with Gasteiger partial charge in [0.25, 0.3) is 0 Å². The molecule has 0 aliphatic carbocycles. The summed E-state index contributed by atoms with van der Waals surface area (Å²) in [5.74, 6) is -11.5. The summed E-state index contributed by atoms with van der Waals surface area (Å²) in [5, 5.41) is 0. The van der Waals surface area contributed by atoms with Gasteiger partial charge < -0.3 is 4.74 Å². The smallest absolute Gasteiger partial charge is 0.375 e. The molecule has 0 aromatic carbocycles. The molecule has 0 bridgehead atoms. The molecule has 0 aliphatic rings. The first-order valence-electron chi connectivity index (χ1n) is 4.85. The van der Waals surface area contributed by atoms with Crippen LogP contribution in [0.1, 0.15) is 13.8 Å². The molecular formula is C9H15F7O3P+. The summed E-state index contributed by atoms with van der Waals surface area (Å²) in [5.41, 5.74) is 0. The van der Waals surface area contributed by atoms with Gasteiger partial charge in [-0.05, 0) is 11.0 Å². The Bertz CT molecular complexity index is 306. The maximum atomic E-state index is 12.7. The van der Waals surface area contributed by atoms with Gasteiger partial charge in [0.1, 0.15) is 13.2 Å². The van der Waals surface area contributed by atoms with Crippen molar-refractivity contribution in [3.05, 3.63) is 0 Å². The molecule has 1 atom stereocenters. The Hall–Kier alpha value is -0.470. The average molecular weight is 335 g/mol. The fraction of sp³-hybridized carbons (Fsp3) is 1.00. The molecule has 122 valence electrons. The van der Waals surface area contributed by atoms with E-state index in [0.717, 1.165) is 0 Å². The van der Waals surface area contributed by atoms with Crippen LogP contribution in [0.15, 0.2) is 0 Å². The Morgan fingerprint density at radius 2 is 1.50 bits per heavy atom. The molecule has 0 heterocycles. The van der Waals surface area contributed by atoms with E-state index in [0.29, 0.717) is 0 Å². The Morgan fingerprint density at radius 1 is 1.00 bits per heavy atom. The van der Waals surface area contributed by atoms with E-state index in [1.807, 2.05) is 0 Å². The zero-order valence-corrected chi connectivity index (χ0v) is 10.5. The summed E-state index contributed by atoms with van der Waals surface area (Å²) in [6.45, 7) is -1.51. The van der Waals surface area contributed by atoms with E-state index >= 15 is 0 Å². The number of halogens is 7. The summed E-state index contributed by atoms with van der Waals surface area (Å²) in [6.07, 6.45) is -6.42. The molecule has 0 radical (unpaired) electrons. The van der Waals surface area contributed by atoms with Gasteiger partial charge in [-0.1, -0.05) is 7.43 Å². The molecule has 1 unspecified atom stereocenters. The number of ether oxygens (including phenoxy) is 1. The standard InChI is InChI=1S/C8H11F7O3P.CH4/c1-19(16)18-4-2-3-17-5-6(9,10)7(11,12)8(13,14)15;/h2-5H2,1H3;1H4/q+1;. The molecule has 0 spiro atoms. The van der Waals surface area contributed by atoms with Gasteiger partial charge in [0.2, 0.25) is 0 Å². The minimum Gasteiger partial charge on any atom is -0.375 e. The van der Waals surface area contributed by atoms with Gasteiger partial charge in [0.05, 0.1) is 0 Å². The largest absolute Gasteiger partial charge is 0.504 e. The van der Waals surface area contributed by atoms with E-state index in [1.165, 1.54) is 6.66 Å². The zero-order valence-electron chi connectivity index (χ0n) is 9.65. The van der Waals surface area contributed by atoms with Crippen molar-refractivity contribution in [3.63, 3.8) is 0 Å². The highest BCUT2D eigenvalue weighted by atomic mass is 31.1. The minimum atomic E-state index is -6.36. The molecule has 0 aliphatic heterocycles. The molecule has 0 saturated carbocycles. The molecule has 0 amide bonds. The van der Waals surface area contributed by atoms with Crippen LogP contribution >= 0.6 is 8.03 Å². The van der Waals surface area contributed by atoms with Gasteiger partial charge in [0, 0.05) is 6.61 Å². The first-order valence-corrected chi connectivity index (χ1v) is 6.48. The number of hydrogen-bond acceptors (Lipinski definition) is 3. The summed E-state index contributed by atoms with van der Waals surface area (Å²) >= 11 is 0. The number of rotatable bonds is 8. The normalized spacial score (nSPS) is 13.9. The van der Waals surface area contributed by atoms with Gasteiger partial charge in [-0.2, -0.15) is 30.7 Å². The van der Waals surface area contributed by atoms with Crippen molar-refractivity contribution >= 4 is 8.03 Å². The second-order valence-electron chi connectivity index (χ2n) is 3.46. The summed E-state index contributed by atoms with van der Waals surface area (Å²) in [6, 6.07) is 0. The van der Waals surface area contributed by atoms with Crippen molar-refractivity contribution in [2.24, 2.45) is 0 Å². The SMILES string of the molecule is C.C[P+](=O)OCCCOCC(F)(F)C(F)(F)C(F)(F)F. The van der Waals surface area contributed by atoms with E-state index in [4.69, 9.17) is 0 Å². The maximum Gasteiger partial charge on any atom is 0.504 e. The molecule has 0 N–H and O–H groups in total. The molecular weight excluding hydrogens is 320 g/mol. The second-order valence-corrected chi connectivity index (χ2v) is 4.59. The lowest BCUT2D eigenvalue weighted by Crippen LogP contribution is -2.54. The van der Waals surface area contributed by atoms with E-state index in [-0.39, 0.29) is 20.5 Å². The van der Waals surface area contributed by atoms with Crippen LogP contribution in [0.3, 0.4) is 0 Å². The monoisotopic (exact) mass is 335 g/mol. The van der Waals surface area contributed by atoms with Crippen LogP contribution in [0, 0.1) is 0 Å². The Kier molecular flexibility index (Phi) is 8.83. The third kappa shape index (κ3) is 6.32.